The van der Waals surface area contributed by atoms with Crippen molar-refractivity contribution in [1.29, 1.82) is 0 Å². The maximum absolute atomic E-state index is 8.36. The van der Waals surface area contributed by atoms with Gasteiger partial charge in [-0.2, -0.15) is 0 Å². The van der Waals surface area contributed by atoms with Gasteiger partial charge in [0.1, 0.15) is 12.2 Å². The predicted octanol–water partition coefficient (Wildman–Crippen LogP) is 5.26. The standard InChI is InChI=1S/C21H19BrCl2N2O3.HNO3/c1-27-20(14-2-4-15(22)5-3-14)19-11-28-21(29-19,12-26-9-8-25-13-26)17-7-6-16(23)10-18(17)24;2-1(3)4/h2-10,13,19-20H,11-12H2,1H3;(H,2,3,4)/t19-,20?,21+;/m0./s1. The molecule has 0 bridgehead atoms. The van der Waals surface area contributed by atoms with Crippen LogP contribution in [0.4, 0.5) is 0 Å². The second-order valence-electron chi connectivity index (χ2n) is 7.03. The van der Waals surface area contributed by atoms with Gasteiger partial charge in [0.15, 0.2) is 0 Å². The molecule has 3 aromatic rings. The third-order valence-corrected chi connectivity index (χ3v) is 5.98. The Hall–Kier alpha value is -2.21. The van der Waals surface area contributed by atoms with Crippen molar-refractivity contribution in [2.45, 2.75) is 24.5 Å². The molecule has 3 atom stereocenters. The molecule has 9 nitrogen and oxygen atoms in total. The number of halogens is 3. The maximum Gasteiger partial charge on any atom is 0.291 e. The Kier molecular flexibility index (Phi) is 8.69. The van der Waals surface area contributed by atoms with Gasteiger partial charge >= 0.3 is 0 Å². The van der Waals surface area contributed by atoms with E-state index in [0.717, 1.165) is 10.0 Å². The highest BCUT2D eigenvalue weighted by Crippen LogP contribution is 2.43. The SMILES string of the molecule is COC(c1ccc(Br)cc1)[C@@H]1CO[C@@](Cn2ccnc2)(c2ccc(Cl)cc2Cl)O1.O=[N+]([O-])O. The summed E-state index contributed by atoms with van der Waals surface area (Å²) in [6.45, 7) is 0.740. The average Bonchev–Trinajstić information content (AvgIpc) is 3.41. The van der Waals surface area contributed by atoms with E-state index < -0.39 is 10.9 Å². The van der Waals surface area contributed by atoms with Crippen molar-refractivity contribution in [2.75, 3.05) is 13.7 Å². The summed E-state index contributed by atoms with van der Waals surface area (Å²) in [6.07, 6.45) is 4.67. The highest BCUT2D eigenvalue weighted by molar-refractivity contribution is 9.10. The van der Waals surface area contributed by atoms with Gasteiger partial charge in [-0.25, -0.2) is 4.98 Å². The van der Waals surface area contributed by atoms with E-state index in [1.54, 1.807) is 31.8 Å². The average molecular weight is 561 g/mol. The minimum Gasteiger partial charge on any atom is -0.374 e. The van der Waals surface area contributed by atoms with Gasteiger partial charge < -0.3 is 24.0 Å². The first-order chi connectivity index (χ1) is 15.7. The van der Waals surface area contributed by atoms with Crippen LogP contribution in [0.2, 0.25) is 10.0 Å². The van der Waals surface area contributed by atoms with Crippen LogP contribution in [0, 0.1) is 10.1 Å². The van der Waals surface area contributed by atoms with Gasteiger partial charge in [-0.15, -0.1) is 10.1 Å². The Morgan fingerprint density at radius 3 is 2.64 bits per heavy atom. The Labute approximate surface area is 208 Å². The van der Waals surface area contributed by atoms with Crippen molar-refractivity contribution < 1.29 is 24.5 Å². The van der Waals surface area contributed by atoms with Crippen LogP contribution in [0.25, 0.3) is 0 Å². The largest absolute Gasteiger partial charge is 0.374 e. The highest BCUT2D eigenvalue weighted by atomic mass is 79.9. The third-order valence-electron chi connectivity index (χ3n) is 4.90. The lowest BCUT2D eigenvalue weighted by molar-refractivity contribution is -0.742. The Morgan fingerprint density at radius 1 is 1.36 bits per heavy atom. The van der Waals surface area contributed by atoms with Gasteiger partial charge in [-0.3, -0.25) is 0 Å². The predicted molar refractivity (Wildman–Crippen MR) is 124 cm³/mol. The molecule has 1 aliphatic heterocycles. The first kappa shape index (κ1) is 25.4. The molecule has 2 aromatic carbocycles. The number of hydrogen-bond acceptors (Lipinski definition) is 6. The molecule has 4 rings (SSSR count). The summed E-state index contributed by atoms with van der Waals surface area (Å²) in [5.41, 5.74) is 1.72. The monoisotopic (exact) mass is 559 g/mol. The van der Waals surface area contributed by atoms with E-state index in [9.17, 15) is 0 Å². The van der Waals surface area contributed by atoms with E-state index in [1.807, 2.05) is 41.1 Å². The number of hydrogen-bond donors (Lipinski definition) is 1. The smallest absolute Gasteiger partial charge is 0.291 e. The molecular weight excluding hydrogens is 541 g/mol. The zero-order chi connectivity index (χ0) is 24.0. The summed E-state index contributed by atoms with van der Waals surface area (Å²) >= 11 is 16.1. The van der Waals surface area contributed by atoms with Crippen molar-refractivity contribution in [3.8, 4) is 0 Å². The maximum atomic E-state index is 8.36. The topological polar surface area (TPSA) is 109 Å². The molecule has 1 unspecified atom stereocenters. The Bertz CT molecular complexity index is 1070. The Balaban J connectivity index is 0.000000709. The summed E-state index contributed by atoms with van der Waals surface area (Å²) < 4.78 is 21.5. The molecular formula is C21H20BrCl2N3O6. The second kappa shape index (κ2) is 11.3. The van der Waals surface area contributed by atoms with Crippen LogP contribution in [0.1, 0.15) is 17.2 Å². The van der Waals surface area contributed by atoms with Crippen LogP contribution < -0.4 is 0 Å². The van der Waals surface area contributed by atoms with Crippen LogP contribution in [-0.4, -0.2) is 39.7 Å². The van der Waals surface area contributed by atoms with Crippen molar-refractivity contribution in [3.05, 3.63) is 96.9 Å². The van der Waals surface area contributed by atoms with E-state index in [1.165, 1.54) is 0 Å². The highest BCUT2D eigenvalue weighted by Gasteiger charge is 2.47. The van der Waals surface area contributed by atoms with Crippen molar-refractivity contribution in [2.24, 2.45) is 0 Å². The molecule has 0 aliphatic carbocycles. The Morgan fingerprint density at radius 2 is 2.06 bits per heavy atom. The van der Waals surface area contributed by atoms with Crippen molar-refractivity contribution in [1.82, 2.24) is 9.55 Å². The third kappa shape index (κ3) is 6.44. The fourth-order valence-corrected chi connectivity index (χ4v) is 4.38. The quantitative estimate of drug-likeness (QED) is 0.323. The summed E-state index contributed by atoms with van der Waals surface area (Å²) in [4.78, 5) is 12.5. The molecule has 12 heteroatoms. The van der Waals surface area contributed by atoms with Gasteiger partial charge in [0.05, 0.1) is 24.5 Å². The van der Waals surface area contributed by atoms with Crippen LogP contribution in [0.5, 0.6) is 0 Å². The molecule has 1 N–H and O–H groups in total. The van der Waals surface area contributed by atoms with Gasteiger partial charge in [0.2, 0.25) is 5.79 Å². The number of aromatic nitrogens is 2. The number of ether oxygens (including phenoxy) is 3. The van der Waals surface area contributed by atoms with Gasteiger partial charge in [0.25, 0.3) is 5.09 Å². The molecule has 1 fully saturated rings. The second-order valence-corrected chi connectivity index (χ2v) is 8.78. The minimum absolute atomic E-state index is 0.293. The minimum atomic E-state index is -1.50. The molecule has 1 saturated heterocycles. The molecule has 0 radical (unpaired) electrons. The van der Waals surface area contributed by atoms with E-state index in [2.05, 4.69) is 20.9 Å². The van der Waals surface area contributed by atoms with Crippen molar-refractivity contribution >= 4 is 39.1 Å². The van der Waals surface area contributed by atoms with Crippen LogP contribution >= 0.6 is 39.1 Å². The van der Waals surface area contributed by atoms with E-state index in [-0.39, 0.29) is 12.2 Å². The molecule has 2 heterocycles. The number of rotatable bonds is 6. The fourth-order valence-electron chi connectivity index (χ4n) is 3.56. The molecule has 0 spiro atoms. The van der Waals surface area contributed by atoms with Crippen LogP contribution in [0.3, 0.4) is 0 Å². The molecule has 0 amide bonds. The number of benzene rings is 2. The summed E-state index contributed by atoms with van der Waals surface area (Å²) in [6, 6.07) is 13.3. The van der Waals surface area contributed by atoms with Crippen LogP contribution in [0.15, 0.2) is 65.7 Å². The summed E-state index contributed by atoms with van der Waals surface area (Å²) in [5.74, 6) is -1.08. The summed E-state index contributed by atoms with van der Waals surface area (Å²) in [5, 5.41) is 14.7. The zero-order valence-electron chi connectivity index (χ0n) is 17.3. The summed E-state index contributed by atoms with van der Waals surface area (Å²) in [7, 11) is 1.67. The van der Waals surface area contributed by atoms with Crippen molar-refractivity contribution in [3.63, 3.8) is 0 Å². The fraction of sp³-hybridized carbons (Fsp3) is 0.286. The molecule has 176 valence electrons. The van der Waals surface area contributed by atoms with E-state index in [4.69, 9.17) is 52.7 Å². The normalized spacial score (nSPS) is 20.7. The number of methoxy groups -OCH3 is 1. The van der Waals surface area contributed by atoms with Gasteiger partial charge in [-0.05, 0) is 29.8 Å². The molecule has 1 aliphatic rings. The van der Waals surface area contributed by atoms with Crippen LogP contribution in [-0.2, 0) is 26.5 Å². The first-order valence-corrected chi connectivity index (χ1v) is 11.1. The lowest BCUT2D eigenvalue weighted by Gasteiger charge is -2.31. The molecule has 33 heavy (non-hydrogen) atoms. The zero-order valence-corrected chi connectivity index (χ0v) is 20.4. The van der Waals surface area contributed by atoms with E-state index >= 15 is 0 Å². The van der Waals surface area contributed by atoms with E-state index in [0.29, 0.717) is 28.8 Å². The van der Waals surface area contributed by atoms with Gasteiger partial charge in [0, 0.05) is 34.6 Å². The lowest BCUT2D eigenvalue weighted by atomic mass is 10.0. The lowest BCUT2D eigenvalue weighted by Crippen LogP contribution is -2.34. The number of imidazole rings is 1. The molecule has 1 aromatic heterocycles. The first-order valence-electron chi connectivity index (χ1n) is 9.58. The number of nitrogens with zero attached hydrogens (tertiary/aromatic N) is 3. The van der Waals surface area contributed by atoms with Gasteiger partial charge in [-0.1, -0.05) is 57.3 Å². The molecule has 0 saturated carbocycles.